The molecule has 1 N–H and O–H groups in total. The van der Waals surface area contributed by atoms with Crippen molar-refractivity contribution in [3.8, 4) is 0 Å². The molecule has 1 heterocycles. The first kappa shape index (κ1) is 23.1. The molecule has 0 atom stereocenters. The summed E-state index contributed by atoms with van der Waals surface area (Å²) in [6.45, 7) is 10.0. The third-order valence-electron chi connectivity index (χ3n) is 4.95. The Morgan fingerprint density at radius 1 is 1.07 bits per heavy atom. The van der Waals surface area contributed by atoms with E-state index in [4.69, 9.17) is 9.15 Å². The van der Waals surface area contributed by atoms with Crippen molar-refractivity contribution in [3.05, 3.63) is 84.6 Å². The summed E-state index contributed by atoms with van der Waals surface area (Å²) in [5.41, 5.74) is -0.0164. The van der Waals surface area contributed by atoms with E-state index >= 15 is 0 Å². The van der Waals surface area contributed by atoms with Crippen LogP contribution in [0.2, 0.25) is 0 Å². The number of ether oxygens (including phenoxy) is 1. The average molecular weight is 402 g/mol. The van der Waals surface area contributed by atoms with Crippen LogP contribution in [0, 0.1) is 5.82 Å². The molecule has 0 spiro atoms. The summed E-state index contributed by atoms with van der Waals surface area (Å²) in [4.78, 5) is 2.17. The van der Waals surface area contributed by atoms with Gasteiger partial charge < -0.3 is 14.3 Å². The fraction of sp³-hybridized carbons (Fsp3) is 0.417. The summed E-state index contributed by atoms with van der Waals surface area (Å²) in [5, 5.41) is 11.1. The summed E-state index contributed by atoms with van der Waals surface area (Å²) in [6.07, 6.45) is 6.12. The van der Waals surface area contributed by atoms with Gasteiger partial charge in [0.1, 0.15) is 22.9 Å². The molecule has 0 radical (unpaired) electrons. The first-order chi connectivity index (χ1) is 14.0. The standard InChI is InChI=1S/C24H32FNO3/c1-4-6-14-24(27,15-7-5-2)23-13-12-22(29-23)19-26(16-17-28-3)18-20-8-10-21(25)11-9-20/h4-5,8-13,27H,1-2,6-7,14-19H2,3H3. The van der Waals surface area contributed by atoms with Crippen LogP contribution in [-0.4, -0.2) is 30.3 Å². The predicted molar refractivity (Wildman–Crippen MR) is 114 cm³/mol. The highest BCUT2D eigenvalue weighted by molar-refractivity contribution is 5.17. The largest absolute Gasteiger partial charge is 0.462 e. The topological polar surface area (TPSA) is 45.8 Å². The number of allylic oxidation sites excluding steroid dienone is 2. The van der Waals surface area contributed by atoms with Crippen LogP contribution in [0.25, 0.3) is 0 Å². The molecule has 158 valence electrons. The molecule has 1 aromatic carbocycles. The normalized spacial score (nSPS) is 11.7. The average Bonchev–Trinajstić information content (AvgIpc) is 3.20. The van der Waals surface area contributed by atoms with Gasteiger partial charge in [-0.2, -0.15) is 0 Å². The van der Waals surface area contributed by atoms with E-state index in [1.807, 2.05) is 12.1 Å². The van der Waals surface area contributed by atoms with Gasteiger partial charge in [-0.05, 0) is 55.5 Å². The van der Waals surface area contributed by atoms with E-state index in [0.29, 0.717) is 57.7 Å². The first-order valence-electron chi connectivity index (χ1n) is 10.00. The molecule has 0 aliphatic carbocycles. The molecular weight excluding hydrogens is 369 g/mol. The zero-order valence-corrected chi connectivity index (χ0v) is 17.3. The van der Waals surface area contributed by atoms with Gasteiger partial charge >= 0.3 is 0 Å². The lowest BCUT2D eigenvalue weighted by Gasteiger charge is -2.25. The lowest BCUT2D eigenvalue weighted by molar-refractivity contribution is -0.00227. The molecule has 0 bridgehead atoms. The van der Waals surface area contributed by atoms with Gasteiger partial charge in [0.25, 0.3) is 0 Å². The lowest BCUT2D eigenvalue weighted by atomic mass is 9.89. The molecule has 5 heteroatoms. The number of halogens is 1. The van der Waals surface area contributed by atoms with Crippen molar-refractivity contribution in [2.24, 2.45) is 0 Å². The van der Waals surface area contributed by atoms with Crippen LogP contribution in [0.15, 0.2) is 66.1 Å². The third-order valence-corrected chi connectivity index (χ3v) is 4.95. The number of methoxy groups -OCH3 is 1. The minimum absolute atomic E-state index is 0.244. The minimum atomic E-state index is -1.03. The molecule has 0 saturated heterocycles. The minimum Gasteiger partial charge on any atom is -0.462 e. The number of aliphatic hydroxyl groups is 1. The van der Waals surface area contributed by atoms with Gasteiger partial charge in [0.2, 0.25) is 0 Å². The highest BCUT2D eigenvalue weighted by Crippen LogP contribution is 2.33. The van der Waals surface area contributed by atoms with E-state index in [-0.39, 0.29) is 5.82 Å². The fourth-order valence-corrected chi connectivity index (χ4v) is 3.27. The summed E-state index contributed by atoms with van der Waals surface area (Å²) in [5.74, 6) is 1.10. The van der Waals surface area contributed by atoms with Crippen LogP contribution in [0.5, 0.6) is 0 Å². The smallest absolute Gasteiger partial charge is 0.135 e. The number of benzene rings is 1. The molecular formula is C24H32FNO3. The Labute approximate surface area is 173 Å². The molecule has 0 aliphatic heterocycles. The zero-order chi connectivity index (χ0) is 21.1. The van der Waals surface area contributed by atoms with E-state index in [1.165, 1.54) is 12.1 Å². The Morgan fingerprint density at radius 3 is 2.31 bits per heavy atom. The van der Waals surface area contributed by atoms with Crippen molar-refractivity contribution in [1.29, 1.82) is 0 Å². The lowest BCUT2D eigenvalue weighted by Crippen LogP contribution is -2.27. The third kappa shape index (κ3) is 7.28. The Hall–Kier alpha value is -2.21. The fourth-order valence-electron chi connectivity index (χ4n) is 3.27. The molecule has 0 unspecified atom stereocenters. The van der Waals surface area contributed by atoms with E-state index in [1.54, 1.807) is 31.4 Å². The summed E-state index contributed by atoms with van der Waals surface area (Å²) in [6, 6.07) is 10.3. The van der Waals surface area contributed by atoms with Crippen LogP contribution < -0.4 is 0 Å². The van der Waals surface area contributed by atoms with Gasteiger partial charge in [0, 0.05) is 20.2 Å². The molecule has 2 rings (SSSR count). The van der Waals surface area contributed by atoms with Gasteiger partial charge in [0.15, 0.2) is 0 Å². The van der Waals surface area contributed by atoms with Gasteiger partial charge in [-0.15, -0.1) is 13.2 Å². The van der Waals surface area contributed by atoms with Crippen LogP contribution >= 0.6 is 0 Å². The summed E-state index contributed by atoms with van der Waals surface area (Å²) >= 11 is 0. The summed E-state index contributed by atoms with van der Waals surface area (Å²) < 4.78 is 24.5. The van der Waals surface area contributed by atoms with Crippen LogP contribution in [-0.2, 0) is 23.4 Å². The highest BCUT2D eigenvalue weighted by Gasteiger charge is 2.31. The predicted octanol–water partition coefficient (Wildman–Crippen LogP) is 5.19. The second kappa shape index (κ2) is 11.7. The number of hydrogen-bond acceptors (Lipinski definition) is 4. The SMILES string of the molecule is C=CCCC(O)(CCC=C)c1ccc(CN(CCOC)Cc2ccc(F)cc2)o1. The van der Waals surface area contributed by atoms with Gasteiger partial charge in [-0.25, -0.2) is 4.39 Å². The Morgan fingerprint density at radius 2 is 1.72 bits per heavy atom. The molecule has 4 nitrogen and oxygen atoms in total. The van der Waals surface area contributed by atoms with Crippen molar-refractivity contribution in [2.45, 2.75) is 44.4 Å². The second-order valence-corrected chi connectivity index (χ2v) is 7.28. The van der Waals surface area contributed by atoms with Crippen molar-refractivity contribution < 1.29 is 18.7 Å². The number of hydrogen-bond donors (Lipinski definition) is 1. The monoisotopic (exact) mass is 401 g/mol. The maximum Gasteiger partial charge on any atom is 0.135 e. The number of nitrogens with zero attached hydrogens (tertiary/aromatic N) is 1. The van der Waals surface area contributed by atoms with Crippen LogP contribution in [0.1, 0.15) is 42.8 Å². The number of rotatable bonds is 14. The zero-order valence-electron chi connectivity index (χ0n) is 17.3. The van der Waals surface area contributed by atoms with Crippen molar-refractivity contribution >= 4 is 0 Å². The van der Waals surface area contributed by atoms with Crippen molar-refractivity contribution in [3.63, 3.8) is 0 Å². The van der Waals surface area contributed by atoms with E-state index < -0.39 is 5.60 Å². The van der Waals surface area contributed by atoms with Crippen LogP contribution in [0.4, 0.5) is 4.39 Å². The molecule has 0 saturated carbocycles. The molecule has 2 aromatic rings. The molecule has 0 aliphatic rings. The van der Waals surface area contributed by atoms with Gasteiger partial charge in [0.05, 0.1) is 13.2 Å². The molecule has 1 aromatic heterocycles. The summed E-state index contributed by atoms with van der Waals surface area (Å²) in [7, 11) is 1.67. The molecule has 0 amide bonds. The highest BCUT2D eigenvalue weighted by atomic mass is 19.1. The first-order valence-corrected chi connectivity index (χ1v) is 10.00. The van der Waals surface area contributed by atoms with Crippen molar-refractivity contribution in [1.82, 2.24) is 4.90 Å². The Kier molecular flexibility index (Phi) is 9.32. The number of furan rings is 1. The van der Waals surface area contributed by atoms with E-state index in [9.17, 15) is 9.50 Å². The Balaban J connectivity index is 2.12. The van der Waals surface area contributed by atoms with E-state index in [2.05, 4.69) is 18.1 Å². The van der Waals surface area contributed by atoms with Gasteiger partial charge in [-0.3, -0.25) is 4.90 Å². The maximum atomic E-state index is 13.2. The van der Waals surface area contributed by atoms with Crippen LogP contribution in [0.3, 0.4) is 0 Å². The molecule has 29 heavy (non-hydrogen) atoms. The molecule has 0 fully saturated rings. The maximum absolute atomic E-state index is 13.2. The van der Waals surface area contributed by atoms with Crippen molar-refractivity contribution in [2.75, 3.05) is 20.3 Å². The quantitative estimate of drug-likeness (QED) is 0.443. The Bertz CT molecular complexity index is 742. The van der Waals surface area contributed by atoms with Gasteiger partial charge in [-0.1, -0.05) is 24.3 Å². The second-order valence-electron chi connectivity index (χ2n) is 7.28. The van der Waals surface area contributed by atoms with E-state index in [0.717, 1.165) is 11.3 Å².